The van der Waals surface area contributed by atoms with Crippen molar-refractivity contribution in [2.24, 2.45) is 7.05 Å². The Kier molecular flexibility index (Phi) is 4.01. The molecule has 6 nitrogen and oxygen atoms in total. The van der Waals surface area contributed by atoms with Gasteiger partial charge in [0.25, 0.3) is 0 Å². The minimum Gasteiger partial charge on any atom is -0.361 e. The lowest BCUT2D eigenvalue weighted by molar-refractivity contribution is -0.124. The third-order valence-electron chi connectivity index (χ3n) is 6.05. The molecule has 0 bridgehead atoms. The first-order chi connectivity index (χ1) is 13.2. The van der Waals surface area contributed by atoms with Crippen molar-refractivity contribution in [3.05, 3.63) is 53.7 Å². The Morgan fingerprint density at radius 2 is 2.22 bits per heavy atom. The second kappa shape index (κ2) is 6.53. The van der Waals surface area contributed by atoms with Crippen LogP contribution in [0.2, 0.25) is 0 Å². The van der Waals surface area contributed by atoms with Crippen LogP contribution in [0.15, 0.2) is 36.8 Å². The first kappa shape index (κ1) is 16.6. The summed E-state index contributed by atoms with van der Waals surface area (Å²) in [6.45, 7) is 2.33. The molecule has 1 fully saturated rings. The lowest BCUT2D eigenvalue weighted by Gasteiger charge is -2.34. The minimum atomic E-state index is -0.160. The molecular formula is C21H25N5O. The molecule has 1 aromatic carbocycles. The van der Waals surface area contributed by atoms with Gasteiger partial charge in [0.05, 0.1) is 23.6 Å². The molecule has 1 saturated carbocycles. The first-order valence-corrected chi connectivity index (χ1v) is 9.77. The summed E-state index contributed by atoms with van der Waals surface area (Å²) in [4.78, 5) is 23.2. The van der Waals surface area contributed by atoms with E-state index < -0.39 is 0 Å². The van der Waals surface area contributed by atoms with Crippen LogP contribution in [0.1, 0.15) is 42.1 Å². The van der Waals surface area contributed by atoms with Crippen LogP contribution in [0, 0.1) is 0 Å². The molecule has 3 heterocycles. The lowest BCUT2D eigenvalue weighted by Crippen LogP contribution is -2.46. The van der Waals surface area contributed by atoms with Crippen LogP contribution in [0.5, 0.6) is 0 Å². The topological polar surface area (TPSA) is 66.0 Å². The zero-order chi connectivity index (χ0) is 18.4. The summed E-state index contributed by atoms with van der Waals surface area (Å²) in [5, 5.41) is 4.49. The van der Waals surface area contributed by atoms with Crippen molar-refractivity contribution in [3.63, 3.8) is 0 Å². The van der Waals surface area contributed by atoms with E-state index in [2.05, 4.69) is 44.5 Å². The van der Waals surface area contributed by atoms with Crippen molar-refractivity contribution >= 4 is 16.8 Å². The molecule has 1 atom stereocenters. The second-order valence-corrected chi connectivity index (χ2v) is 7.90. The highest BCUT2D eigenvalue weighted by Crippen LogP contribution is 2.30. The van der Waals surface area contributed by atoms with Crippen molar-refractivity contribution in [1.29, 1.82) is 0 Å². The number of rotatable bonds is 4. The van der Waals surface area contributed by atoms with E-state index in [1.165, 1.54) is 17.4 Å². The Hall–Kier alpha value is -2.60. The Balaban J connectivity index is 1.41. The molecule has 0 radical (unpaired) electrons. The van der Waals surface area contributed by atoms with E-state index in [0.29, 0.717) is 6.04 Å². The maximum Gasteiger partial charge on any atom is 0.230 e. The largest absolute Gasteiger partial charge is 0.361 e. The Labute approximate surface area is 158 Å². The zero-order valence-electron chi connectivity index (χ0n) is 15.6. The van der Waals surface area contributed by atoms with Gasteiger partial charge in [0.15, 0.2) is 0 Å². The number of hydrogen-bond acceptors (Lipinski definition) is 3. The van der Waals surface area contributed by atoms with E-state index in [1.807, 2.05) is 24.1 Å². The molecule has 2 N–H and O–H groups in total. The molecule has 1 aliphatic carbocycles. The number of aromatic nitrogens is 3. The predicted octanol–water partition coefficient (Wildman–Crippen LogP) is 2.67. The van der Waals surface area contributed by atoms with E-state index in [0.717, 1.165) is 49.4 Å². The minimum absolute atomic E-state index is 0.147. The van der Waals surface area contributed by atoms with Crippen LogP contribution in [0.4, 0.5) is 0 Å². The smallest absolute Gasteiger partial charge is 0.230 e. The van der Waals surface area contributed by atoms with Gasteiger partial charge in [0, 0.05) is 49.8 Å². The normalized spacial score (nSPS) is 20.4. The molecule has 1 unspecified atom stereocenters. The molecule has 2 aromatic heterocycles. The highest BCUT2D eigenvalue weighted by molar-refractivity contribution is 5.85. The van der Waals surface area contributed by atoms with Crippen molar-refractivity contribution in [3.8, 4) is 0 Å². The van der Waals surface area contributed by atoms with Crippen LogP contribution < -0.4 is 5.32 Å². The molecule has 3 aromatic rings. The van der Waals surface area contributed by atoms with Gasteiger partial charge < -0.3 is 14.9 Å². The van der Waals surface area contributed by atoms with Gasteiger partial charge in [-0.1, -0.05) is 12.1 Å². The molecule has 27 heavy (non-hydrogen) atoms. The van der Waals surface area contributed by atoms with Gasteiger partial charge in [-0.05, 0) is 37.0 Å². The summed E-state index contributed by atoms with van der Waals surface area (Å²) < 4.78 is 2.02. The molecule has 2 aliphatic rings. The Morgan fingerprint density at radius 3 is 3.04 bits per heavy atom. The van der Waals surface area contributed by atoms with Crippen molar-refractivity contribution in [2.45, 2.75) is 44.3 Å². The van der Waals surface area contributed by atoms with Crippen LogP contribution >= 0.6 is 0 Å². The fourth-order valence-electron chi connectivity index (χ4n) is 4.39. The fraction of sp³-hybridized carbons (Fsp3) is 0.429. The zero-order valence-corrected chi connectivity index (χ0v) is 15.6. The van der Waals surface area contributed by atoms with Gasteiger partial charge in [0.2, 0.25) is 5.91 Å². The third kappa shape index (κ3) is 2.94. The fourth-order valence-corrected chi connectivity index (χ4v) is 4.39. The molecular weight excluding hydrogens is 338 g/mol. The predicted molar refractivity (Wildman–Crippen MR) is 104 cm³/mol. The van der Waals surface area contributed by atoms with Crippen molar-refractivity contribution in [1.82, 2.24) is 24.8 Å². The second-order valence-electron chi connectivity index (χ2n) is 7.90. The van der Waals surface area contributed by atoms with E-state index in [-0.39, 0.29) is 11.8 Å². The summed E-state index contributed by atoms with van der Waals surface area (Å²) in [5.41, 5.74) is 4.54. The molecule has 0 spiro atoms. The molecule has 6 heteroatoms. The maximum atomic E-state index is 13.0. The maximum absolute atomic E-state index is 13.0. The average molecular weight is 363 g/mol. The summed E-state index contributed by atoms with van der Waals surface area (Å²) >= 11 is 0. The van der Waals surface area contributed by atoms with Crippen molar-refractivity contribution in [2.75, 3.05) is 6.54 Å². The summed E-state index contributed by atoms with van der Waals surface area (Å²) in [5.74, 6) is -0.0126. The third-order valence-corrected chi connectivity index (χ3v) is 6.05. The average Bonchev–Trinajstić information content (AvgIpc) is 3.25. The van der Waals surface area contributed by atoms with Gasteiger partial charge in [-0.2, -0.15) is 0 Å². The summed E-state index contributed by atoms with van der Waals surface area (Å²) in [6.07, 6.45) is 7.26. The summed E-state index contributed by atoms with van der Waals surface area (Å²) in [7, 11) is 1.99. The van der Waals surface area contributed by atoms with Gasteiger partial charge in [0.1, 0.15) is 0 Å². The van der Waals surface area contributed by atoms with Gasteiger partial charge in [-0.15, -0.1) is 0 Å². The summed E-state index contributed by atoms with van der Waals surface area (Å²) in [6, 6.07) is 8.85. The number of nitrogens with zero attached hydrogens (tertiary/aromatic N) is 3. The SMILES string of the molecule is Cn1cnc2c1C(C(=O)NC1CCC1)CN(Cc1cccc3[nH]ccc13)C2. The monoisotopic (exact) mass is 363 g/mol. The number of hydrogen-bond donors (Lipinski definition) is 2. The highest BCUT2D eigenvalue weighted by Gasteiger charge is 2.35. The van der Waals surface area contributed by atoms with Gasteiger partial charge in [-0.3, -0.25) is 9.69 Å². The Bertz CT molecular complexity index is 984. The van der Waals surface area contributed by atoms with Crippen molar-refractivity contribution < 1.29 is 4.79 Å². The standard InChI is InChI=1S/C21H25N5O/c1-25-13-23-19-12-26(10-14-4-2-7-18-16(14)8-9-22-18)11-17(20(19)25)21(27)24-15-5-3-6-15/h2,4,7-9,13,15,17,22H,3,5-6,10-12H2,1H3,(H,24,27). The van der Waals surface area contributed by atoms with E-state index in [4.69, 9.17) is 0 Å². The van der Waals surface area contributed by atoms with Crippen LogP contribution in [0.25, 0.3) is 10.9 Å². The number of aryl methyl sites for hydroxylation is 1. The molecule has 140 valence electrons. The Morgan fingerprint density at radius 1 is 1.33 bits per heavy atom. The number of carbonyl (C=O) groups is 1. The number of amides is 1. The van der Waals surface area contributed by atoms with Gasteiger partial charge in [-0.25, -0.2) is 4.98 Å². The lowest BCUT2D eigenvalue weighted by atomic mass is 9.91. The number of carbonyl (C=O) groups excluding carboxylic acids is 1. The quantitative estimate of drug-likeness (QED) is 0.749. The van der Waals surface area contributed by atoms with Gasteiger partial charge >= 0.3 is 0 Å². The number of imidazole rings is 1. The number of nitrogens with one attached hydrogen (secondary N) is 2. The molecule has 0 saturated heterocycles. The number of H-pyrrole nitrogens is 1. The molecule has 5 rings (SSSR count). The number of aromatic amines is 1. The van der Waals surface area contributed by atoms with E-state index >= 15 is 0 Å². The number of benzene rings is 1. The van der Waals surface area contributed by atoms with Crippen LogP contribution in [0.3, 0.4) is 0 Å². The van der Waals surface area contributed by atoms with Crippen LogP contribution in [-0.4, -0.2) is 37.9 Å². The van der Waals surface area contributed by atoms with E-state index in [1.54, 1.807) is 0 Å². The molecule has 1 aliphatic heterocycles. The number of fused-ring (bicyclic) bond motifs is 2. The van der Waals surface area contributed by atoms with Crippen LogP contribution in [-0.2, 0) is 24.9 Å². The first-order valence-electron chi connectivity index (χ1n) is 9.77. The van der Waals surface area contributed by atoms with E-state index in [9.17, 15) is 4.79 Å². The highest BCUT2D eigenvalue weighted by atomic mass is 16.2. The molecule has 1 amide bonds.